The molecule has 0 heterocycles. The molecule has 0 bridgehead atoms. The van der Waals surface area contributed by atoms with E-state index < -0.39 is 25.0 Å². The third-order valence-corrected chi connectivity index (χ3v) is 26.2. The zero-order valence-corrected chi connectivity index (χ0v) is 38.1. The van der Waals surface area contributed by atoms with Gasteiger partial charge in [-0.15, -0.1) is 0 Å². The second-order valence-corrected chi connectivity index (χ2v) is 34.1. The van der Waals surface area contributed by atoms with Crippen LogP contribution in [0.2, 0.25) is 54.4 Å². The first-order chi connectivity index (χ1) is 22.3. The summed E-state index contributed by atoms with van der Waals surface area (Å²) in [5, 5.41) is 0.173. The molecule has 1 aromatic rings. The van der Waals surface area contributed by atoms with Gasteiger partial charge < -0.3 is 13.3 Å². The van der Waals surface area contributed by atoms with Crippen LogP contribution in [0.25, 0.3) is 0 Å². The van der Waals surface area contributed by atoms with E-state index in [1.54, 1.807) is 0 Å². The predicted molar refractivity (Wildman–Crippen MR) is 220 cm³/mol. The van der Waals surface area contributed by atoms with E-state index in [4.69, 9.17) is 24.9 Å². The fourth-order valence-corrected chi connectivity index (χ4v) is 10.5. The van der Waals surface area contributed by atoms with Crippen LogP contribution in [0.4, 0.5) is 0 Å². The first kappa shape index (κ1) is 44.6. The smallest absolute Gasteiger partial charge is 0.221 e. The van der Waals surface area contributed by atoms with Gasteiger partial charge in [0, 0.05) is 12.5 Å². The van der Waals surface area contributed by atoms with Crippen LogP contribution in [0.1, 0.15) is 119 Å². The third-order valence-electron chi connectivity index (χ3n) is 12.5. The molecule has 0 saturated heterocycles. The molecular weight excluding hydrogens is 676 g/mol. The van der Waals surface area contributed by atoms with Gasteiger partial charge in [-0.1, -0.05) is 105 Å². The molecule has 1 saturated carbocycles. The van der Waals surface area contributed by atoms with E-state index in [1.807, 2.05) is 0 Å². The van der Waals surface area contributed by atoms with Gasteiger partial charge in [-0.3, -0.25) is 4.79 Å². The number of benzene rings is 1. The molecule has 0 amide bonds. The van der Waals surface area contributed by atoms with Crippen molar-refractivity contribution in [2.24, 2.45) is 11.8 Å². The van der Waals surface area contributed by atoms with E-state index in [2.05, 4.69) is 144 Å². The van der Waals surface area contributed by atoms with Crippen molar-refractivity contribution in [2.75, 3.05) is 0 Å². The van der Waals surface area contributed by atoms with Crippen molar-refractivity contribution in [3.8, 4) is 0 Å². The lowest BCUT2D eigenvalue weighted by atomic mass is 9.85. The van der Waals surface area contributed by atoms with Crippen LogP contribution in [0, 0.1) is 11.8 Å². The summed E-state index contributed by atoms with van der Waals surface area (Å²) in [6.45, 7) is 35.5. The zero-order chi connectivity index (χ0) is 37.5. The van der Waals surface area contributed by atoms with Crippen LogP contribution in [-0.2, 0) is 24.5 Å². The molecule has 49 heavy (non-hydrogen) atoms. The molecule has 1 aliphatic carbocycles. The number of hydrogen-bond acceptors (Lipinski definition) is 4. The molecule has 2 rings (SSSR count). The first-order valence-electron chi connectivity index (χ1n) is 19.2. The topological polar surface area (TPSA) is 44.8 Å². The molecule has 0 spiro atoms. The summed E-state index contributed by atoms with van der Waals surface area (Å²) in [6.07, 6.45) is 13.3. The Morgan fingerprint density at radius 3 is 1.78 bits per heavy atom. The number of hydrogen-bond donors (Lipinski definition) is 0. The van der Waals surface area contributed by atoms with Crippen molar-refractivity contribution in [3.63, 3.8) is 0 Å². The fourth-order valence-electron chi connectivity index (χ4n) is 6.17. The van der Waals surface area contributed by atoms with E-state index in [1.165, 1.54) is 5.56 Å². The first-order valence-corrected chi connectivity index (χ1v) is 28.3. The highest BCUT2D eigenvalue weighted by atomic mass is 35.5. The fraction of sp³-hybridized carbons (Fsp3) is 0.780. The molecule has 0 radical (unpaired) electrons. The lowest BCUT2D eigenvalue weighted by Crippen LogP contribution is -2.45. The highest BCUT2D eigenvalue weighted by Crippen LogP contribution is 2.49. The molecule has 1 aromatic carbocycles. The third kappa shape index (κ3) is 13.7. The maximum atomic E-state index is 11.3. The molecule has 4 nitrogen and oxygen atoms in total. The van der Waals surface area contributed by atoms with Gasteiger partial charge in [0.05, 0.1) is 12.2 Å². The van der Waals surface area contributed by atoms with Gasteiger partial charge >= 0.3 is 0 Å². The molecule has 0 unspecified atom stereocenters. The summed E-state index contributed by atoms with van der Waals surface area (Å²) in [7, 11) is -6.04. The van der Waals surface area contributed by atoms with Gasteiger partial charge in [-0.2, -0.15) is 0 Å². The van der Waals surface area contributed by atoms with Gasteiger partial charge in [-0.05, 0) is 135 Å². The van der Waals surface area contributed by atoms with Crippen LogP contribution in [-0.4, -0.2) is 48.5 Å². The summed E-state index contributed by atoms with van der Waals surface area (Å²) >= 11 is 5.62. The Kier molecular flexibility index (Phi) is 16.4. The highest BCUT2D eigenvalue weighted by molar-refractivity contribution is 6.75. The number of carbonyl (C=O) groups is 1. The van der Waals surface area contributed by atoms with Crippen LogP contribution in [0.3, 0.4) is 0 Å². The van der Waals surface area contributed by atoms with Crippen molar-refractivity contribution in [1.29, 1.82) is 0 Å². The monoisotopic (exact) mass is 750 g/mol. The minimum Gasteiger partial charge on any atom is -0.414 e. The maximum absolute atomic E-state index is 11.3. The second-order valence-electron chi connectivity index (χ2n) is 19.5. The Morgan fingerprint density at radius 1 is 0.776 bits per heavy atom. The average Bonchev–Trinajstić information content (AvgIpc) is 3.24. The van der Waals surface area contributed by atoms with Gasteiger partial charge in [0.1, 0.15) is 0 Å². The minimum absolute atomic E-state index is 0.134. The van der Waals surface area contributed by atoms with Crippen LogP contribution in [0.15, 0.2) is 42.5 Å². The largest absolute Gasteiger partial charge is 0.414 e. The average molecular weight is 752 g/mol. The van der Waals surface area contributed by atoms with Gasteiger partial charge in [0.15, 0.2) is 25.0 Å². The quantitative estimate of drug-likeness (QED) is 0.0648. The minimum atomic E-state index is -2.04. The van der Waals surface area contributed by atoms with E-state index >= 15 is 0 Å². The van der Waals surface area contributed by atoms with Crippen LogP contribution >= 0.6 is 11.6 Å². The number of rotatable bonds is 18. The Hall–Kier alpha value is -0.549. The molecule has 0 aromatic heterocycles. The number of aryl methyl sites for hydroxylation is 1. The summed E-state index contributed by atoms with van der Waals surface area (Å²) < 4.78 is 22.0. The zero-order valence-electron chi connectivity index (χ0n) is 34.3. The molecule has 0 N–H and O–H groups in total. The van der Waals surface area contributed by atoms with E-state index in [0.29, 0.717) is 18.3 Å². The number of allylic oxidation sites excluding steroid dienone is 2. The van der Waals surface area contributed by atoms with Gasteiger partial charge in [-0.25, -0.2) is 0 Å². The van der Waals surface area contributed by atoms with Gasteiger partial charge in [0.25, 0.3) is 0 Å². The number of carbonyl (C=O) groups excluding carboxylic acids is 1. The normalized spacial score (nSPS) is 22.2. The predicted octanol–water partition coefficient (Wildman–Crippen LogP) is 13.1. The molecule has 5 atom stereocenters. The maximum Gasteiger partial charge on any atom is 0.221 e. The van der Waals surface area contributed by atoms with E-state index in [-0.39, 0.29) is 38.7 Å². The standard InChI is InChI=1S/C41H75ClO4Si3/c1-39(2,3)47(10,11)44-33(28-27-32-23-19-18-20-24-32)29-30-35-34(25-21-16-17-22-26-38(42)43)36(45-48(12,13)40(4,5)6)31-37(35)46-49(14,15)41(7,8)9/h16,18-21,23-24,33-37H,17,22,25-31H2,1-15H3/b21-16-/t33-,34-,35-,36+,37-/m1/s1. The summed E-state index contributed by atoms with van der Waals surface area (Å²) in [4.78, 5) is 11.3. The van der Waals surface area contributed by atoms with E-state index in [0.717, 1.165) is 51.4 Å². The SMILES string of the molecule is CC(C)(C)[Si](C)(C)O[C@H](CCc1ccccc1)CC[C@@H]1[C@@H](C/C=C\CCCC(=O)Cl)[C@@H](O[Si](C)(C)C(C)(C)C)C[C@H]1O[Si](C)(C)C(C)(C)C. The Morgan fingerprint density at radius 2 is 1.29 bits per heavy atom. The van der Waals surface area contributed by atoms with Crippen LogP contribution in [0.5, 0.6) is 0 Å². The molecule has 282 valence electrons. The Bertz CT molecular complexity index is 1180. The summed E-state index contributed by atoms with van der Waals surface area (Å²) in [5.41, 5.74) is 1.38. The lowest BCUT2D eigenvalue weighted by molar-refractivity contribution is -0.111. The Balaban J connectivity index is 2.49. The molecular formula is C41H75ClO4Si3. The van der Waals surface area contributed by atoms with Crippen molar-refractivity contribution in [3.05, 3.63) is 48.0 Å². The van der Waals surface area contributed by atoms with Gasteiger partial charge in [0.2, 0.25) is 5.24 Å². The van der Waals surface area contributed by atoms with Crippen molar-refractivity contribution < 1.29 is 18.1 Å². The summed E-state index contributed by atoms with van der Waals surface area (Å²) in [6, 6.07) is 10.9. The van der Waals surface area contributed by atoms with E-state index in [9.17, 15) is 4.79 Å². The molecule has 1 aliphatic rings. The van der Waals surface area contributed by atoms with Crippen molar-refractivity contribution >= 4 is 41.8 Å². The molecule has 1 fully saturated rings. The number of halogens is 1. The second kappa shape index (κ2) is 18.0. The summed E-state index contributed by atoms with van der Waals surface area (Å²) in [5.74, 6) is 0.762. The van der Waals surface area contributed by atoms with Crippen molar-refractivity contribution in [1.82, 2.24) is 0 Å². The highest BCUT2D eigenvalue weighted by Gasteiger charge is 2.51. The lowest BCUT2D eigenvalue weighted by Gasteiger charge is -2.41. The van der Waals surface area contributed by atoms with Crippen LogP contribution < -0.4 is 0 Å². The Labute approximate surface area is 311 Å². The molecule has 0 aliphatic heterocycles. The van der Waals surface area contributed by atoms with Crippen molar-refractivity contribution in [2.45, 2.75) is 193 Å². The number of unbranched alkanes of at least 4 members (excludes halogenated alkanes) is 1. The molecule has 8 heteroatoms.